The molecule has 3 aromatic heterocycles. The van der Waals surface area contributed by atoms with Crippen molar-refractivity contribution in [3.8, 4) is 20.9 Å². The summed E-state index contributed by atoms with van der Waals surface area (Å²) in [6.07, 6.45) is 7.93. The molecule has 3 rings (SSSR count). The van der Waals surface area contributed by atoms with Crippen LogP contribution in [-0.4, -0.2) is 32.9 Å². The van der Waals surface area contributed by atoms with Gasteiger partial charge in [-0.25, -0.2) is 4.79 Å². The molecule has 28 heavy (non-hydrogen) atoms. The first-order chi connectivity index (χ1) is 13.6. The van der Waals surface area contributed by atoms with Gasteiger partial charge in [-0.1, -0.05) is 13.3 Å². The van der Waals surface area contributed by atoms with Crippen LogP contribution in [0.25, 0.3) is 20.9 Å². The van der Waals surface area contributed by atoms with Crippen molar-refractivity contribution >= 4 is 17.4 Å². The van der Waals surface area contributed by atoms with Crippen molar-refractivity contribution < 1.29 is 14.7 Å². The molecular weight excluding hydrogens is 374 g/mol. The second-order valence-electron chi connectivity index (χ2n) is 6.36. The first-order valence-corrected chi connectivity index (χ1v) is 9.99. The minimum absolute atomic E-state index is 0.0516. The lowest BCUT2D eigenvalue weighted by atomic mass is 10.0. The van der Waals surface area contributed by atoms with Crippen LogP contribution in [0.5, 0.6) is 0 Å². The van der Waals surface area contributed by atoms with Crippen LogP contribution < -0.4 is 0 Å². The molecule has 0 radical (unpaired) electrons. The number of hydrogen-bond donors (Lipinski definition) is 1. The number of carbonyl (C=O) groups is 1. The molecule has 0 spiro atoms. The van der Waals surface area contributed by atoms with E-state index < -0.39 is 6.09 Å². The summed E-state index contributed by atoms with van der Waals surface area (Å²) in [7, 11) is 0. The first kappa shape index (κ1) is 20.0. The lowest BCUT2D eigenvalue weighted by Crippen LogP contribution is -2.28. The Balaban J connectivity index is 1.94. The van der Waals surface area contributed by atoms with E-state index in [1.165, 1.54) is 0 Å². The summed E-state index contributed by atoms with van der Waals surface area (Å²) < 4.78 is 5.12. The molecule has 0 saturated carbocycles. The zero-order chi connectivity index (χ0) is 19.9. The van der Waals surface area contributed by atoms with E-state index in [1.807, 2.05) is 38.1 Å². The molecule has 6 nitrogen and oxygen atoms in total. The smallest absolute Gasteiger partial charge is 0.434 e. The molecule has 0 bridgehead atoms. The van der Waals surface area contributed by atoms with Gasteiger partial charge >= 0.3 is 6.09 Å². The number of rotatable bonds is 7. The van der Waals surface area contributed by atoms with Gasteiger partial charge in [0.25, 0.3) is 0 Å². The highest BCUT2D eigenvalue weighted by Gasteiger charge is 2.22. The highest BCUT2D eigenvalue weighted by atomic mass is 32.1. The van der Waals surface area contributed by atoms with Crippen LogP contribution in [0.2, 0.25) is 0 Å². The standard InChI is InChI=1S/C21H23N3O3S/c1-3-4-13-27-21(25)24(26)14-18-15(2)19(16-5-9-22-10-6-16)28-20(18)17-7-11-23-12-8-17/h5-12,26H,3-4,13-14H2,1-2H3. The molecular formula is C21H23N3O3S. The third-order valence-electron chi connectivity index (χ3n) is 4.40. The number of nitrogens with zero attached hydrogens (tertiary/aromatic N) is 3. The Hall–Kier alpha value is -2.77. The van der Waals surface area contributed by atoms with Crippen LogP contribution in [-0.2, 0) is 11.3 Å². The van der Waals surface area contributed by atoms with Gasteiger partial charge in [0.05, 0.1) is 13.2 Å². The first-order valence-electron chi connectivity index (χ1n) is 9.18. The number of pyridine rings is 2. The van der Waals surface area contributed by atoms with Crippen LogP contribution in [0, 0.1) is 6.92 Å². The number of hydroxylamine groups is 2. The van der Waals surface area contributed by atoms with Crippen LogP contribution in [0.1, 0.15) is 30.9 Å². The summed E-state index contributed by atoms with van der Waals surface area (Å²) in [6, 6.07) is 7.75. The SMILES string of the molecule is CCCCOC(=O)N(O)Cc1c(-c2ccncc2)sc(-c2ccncc2)c1C. The van der Waals surface area contributed by atoms with Gasteiger partial charge in [-0.15, -0.1) is 11.3 Å². The third kappa shape index (κ3) is 4.55. The van der Waals surface area contributed by atoms with Crippen LogP contribution >= 0.6 is 11.3 Å². The average Bonchev–Trinajstić information content (AvgIpc) is 3.05. The number of carbonyl (C=O) groups excluding carboxylic acids is 1. The van der Waals surface area contributed by atoms with Crippen molar-refractivity contribution in [2.45, 2.75) is 33.2 Å². The van der Waals surface area contributed by atoms with E-state index in [2.05, 4.69) is 9.97 Å². The fourth-order valence-corrected chi connectivity index (χ4v) is 4.17. The molecule has 0 atom stereocenters. The van der Waals surface area contributed by atoms with Gasteiger partial charge in [0, 0.05) is 34.5 Å². The zero-order valence-corrected chi connectivity index (χ0v) is 16.8. The highest BCUT2D eigenvalue weighted by Crippen LogP contribution is 2.42. The predicted octanol–water partition coefficient (Wildman–Crippen LogP) is 5.31. The van der Waals surface area contributed by atoms with Gasteiger partial charge in [0.15, 0.2) is 0 Å². The Morgan fingerprint density at radius 1 is 1.07 bits per heavy atom. The summed E-state index contributed by atoms with van der Waals surface area (Å²) in [6.45, 7) is 4.37. The van der Waals surface area contributed by atoms with Gasteiger partial charge in [-0.05, 0) is 59.9 Å². The quantitative estimate of drug-likeness (QED) is 0.332. The summed E-state index contributed by atoms with van der Waals surface area (Å²) in [5.74, 6) is 0. The van der Waals surface area contributed by atoms with Crippen molar-refractivity contribution in [3.63, 3.8) is 0 Å². The Morgan fingerprint density at radius 3 is 2.21 bits per heavy atom. The Kier molecular flexibility index (Phi) is 6.73. The summed E-state index contributed by atoms with van der Waals surface area (Å²) >= 11 is 1.62. The topological polar surface area (TPSA) is 75.5 Å². The van der Waals surface area contributed by atoms with E-state index in [4.69, 9.17) is 4.74 Å². The van der Waals surface area contributed by atoms with E-state index in [9.17, 15) is 10.0 Å². The maximum absolute atomic E-state index is 12.1. The number of amides is 1. The van der Waals surface area contributed by atoms with Gasteiger partial charge < -0.3 is 4.74 Å². The van der Waals surface area contributed by atoms with Crippen molar-refractivity contribution in [1.29, 1.82) is 0 Å². The molecule has 0 unspecified atom stereocenters. The van der Waals surface area contributed by atoms with E-state index in [0.717, 1.165) is 44.8 Å². The summed E-state index contributed by atoms with van der Waals surface area (Å²) in [5, 5.41) is 10.9. The maximum Gasteiger partial charge on any atom is 0.434 e. The van der Waals surface area contributed by atoms with E-state index in [1.54, 1.807) is 36.1 Å². The molecule has 0 fully saturated rings. The fraction of sp³-hybridized carbons (Fsp3) is 0.286. The number of ether oxygens (including phenoxy) is 1. The number of thiophene rings is 1. The Labute approximate surface area is 168 Å². The molecule has 0 saturated heterocycles. The molecule has 1 amide bonds. The minimum Gasteiger partial charge on any atom is -0.448 e. The number of hydrogen-bond acceptors (Lipinski definition) is 6. The average molecular weight is 398 g/mol. The lowest BCUT2D eigenvalue weighted by Gasteiger charge is -2.16. The predicted molar refractivity (Wildman–Crippen MR) is 109 cm³/mol. The summed E-state index contributed by atoms with van der Waals surface area (Å²) in [4.78, 5) is 22.3. The van der Waals surface area contributed by atoms with E-state index >= 15 is 0 Å². The lowest BCUT2D eigenvalue weighted by molar-refractivity contribution is -0.0810. The van der Waals surface area contributed by atoms with Crippen LogP contribution in [0.15, 0.2) is 49.1 Å². The monoisotopic (exact) mass is 397 g/mol. The van der Waals surface area contributed by atoms with Crippen LogP contribution in [0.3, 0.4) is 0 Å². The highest BCUT2D eigenvalue weighted by molar-refractivity contribution is 7.19. The van der Waals surface area contributed by atoms with Crippen molar-refractivity contribution in [2.24, 2.45) is 0 Å². The van der Waals surface area contributed by atoms with Crippen molar-refractivity contribution in [3.05, 3.63) is 60.2 Å². The molecule has 7 heteroatoms. The molecule has 1 N–H and O–H groups in total. The van der Waals surface area contributed by atoms with E-state index in [-0.39, 0.29) is 6.54 Å². The number of unbranched alkanes of at least 4 members (excludes halogenated alkanes) is 1. The van der Waals surface area contributed by atoms with E-state index in [0.29, 0.717) is 11.7 Å². The van der Waals surface area contributed by atoms with Crippen LogP contribution in [0.4, 0.5) is 4.79 Å². The van der Waals surface area contributed by atoms with Gasteiger partial charge in [-0.2, -0.15) is 5.06 Å². The molecule has 0 aliphatic heterocycles. The second kappa shape index (κ2) is 9.43. The molecule has 146 valence electrons. The number of aromatic nitrogens is 2. The second-order valence-corrected chi connectivity index (χ2v) is 7.38. The maximum atomic E-state index is 12.1. The zero-order valence-electron chi connectivity index (χ0n) is 16.0. The van der Waals surface area contributed by atoms with Gasteiger partial charge in [-0.3, -0.25) is 15.2 Å². The van der Waals surface area contributed by atoms with Gasteiger partial charge in [0.1, 0.15) is 0 Å². The largest absolute Gasteiger partial charge is 0.448 e. The molecule has 3 aromatic rings. The molecule has 0 aliphatic carbocycles. The normalized spacial score (nSPS) is 10.7. The third-order valence-corrected chi connectivity index (χ3v) is 5.83. The molecule has 0 aliphatic rings. The summed E-state index contributed by atoms with van der Waals surface area (Å²) in [5.41, 5.74) is 3.95. The molecule has 0 aromatic carbocycles. The van der Waals surface area contributed by atoms with Crippen molar-refractivity contribution in [2.75, 3.05) is 6.61 Å². The Morgan fingerprint density at radius 2 is 1.64 bits per heavy atom. The fourth-order valence-electron chi connectivity index (χ4n) is 2.85. The minimum atomic E-state index is -0.731. The molecule has 3 heterocycles. The van der Waals surface area contributed by atoms with Gasteiger partial charge in [0.2, 0.25) is 0 Å². The Bertz CT molecular complexity index is 913. The van der Waals surface area contributed by atoms with Crippen molar-refractivity contribution in [1.82, 2.24) is 15.0 Å².